The zero-order valence-corrected chi connectivity index (χ0v) is 16.5. The van der Waals surface area contributed by atoms with Gasteiger partial charge in [-0.1, -0.05) is 27.7 Å². The summed E-state index contributed by atoms with van der Waals surface area (Å²) in [5.41, 5.74) is 0.478. The summed E-state index contributed by atoms with van der Waals surface area (Å²) in [7, 11) is 2.27. The van der Waals surface area contributed by atoms with E-state index in [0.717, 1.165) is 0 Å². The largest absolute Gasteiger partial charge is 2.00 e. The Morgan fingerprint density at radius 3 is 1.80 bits per heavy atom. The molecule has 0 spiro atoms. The van der Waals surface area contributed by atoms with Gasteiger partial charge in [0.25, 0.3) is 0 Å². The Kier molecular flexibility index (Phi) is 6.10. The smallest absolute Gasteiger partial charge is 0.492 e. The average molecular weight is 317 g/mol. The molecule has 1 saturated heterocycles. The molecule has 1 heterocycles. The first kappa shape index (κ1) is 20.5. The Balaban J connectivity index is 0.00000361. The summed E-state index contributed by atoms with van der Waals surface area (Å²) in [5.74, 6) is 0. The minimum atomic E-state index is 0. The third-order valence-electron chi connectivity index (χ3n) is 6.54. The number of likely N-dealkylation sites (tertiary alicyclic amines) is 1. The molecule has 1 N–H and O–H groups in total. The molecule has 0 bridgehead atoms. The van der Waals surface area contributed by atoms with E-state index >= 15 is 0 Å². The number of nitrogens with zero attached hydrogens (tertiary/aromatic N) is 1. The fourth-order valence-electron chi connectivity index (χ4n) is 3.21. The zero-order chi connectivity index (χ0) is 15.3. The second kappa shape index (κ2) is 5.95. The molecule has 1 aliphatic rings. The molecule has 0 aromatic rings. The first-order valence-electron chi connectivity index (χ1n) is 7.46. The van der Waals surface area contributed by atoms with E-state index in [1.807, 2.05) is 0 Å². The Bertz CT molecular complexity index is 332. The van der Waals surface area contributed by atoms with Crippen LogP contribution in [0.4, 0.5) is 0 Å². The molecule has 117 valence electrons. The second-order valence-corrected chi connectivity index (χ2v) is 8.22. The summed E-state index contributed by atoms with van der Waals surface area (Å²) in [6, 6.07) is 0.367. The van der Waals surface area contributed by atoms with E-state index in [2.05, 4.69) is 92.5 Å². The van der Waals surface area contributed by atoms with Gasteiger partial charge in [-0.3, -0.25) is 11.4 Å². The summed E-state index contributed by atoms with van der Waals surface area (Å²) >= 11 is 0. The van der Waals surface area contributed by atoms with Gasteiger partial charge < -0.3 is 11.7 Å². The van der Waals surface area contributed by atoms with Crippen molar-refractivity contribution in [2.75, 3.05) is 7.05 Å². The standard InChI is InChI=1S/C17H34N2.V/c1-11-18-13-12-14(2,3)16(6,7)19(10)17(8,9)15(13,4)5;/h11-13,18H,1-10H3;/q-2;+2. The topological polar surface area (TPSA) is 15.3 Å². The molecule has 1 atom stereocenters. The molecule has 0 aromatic heterocycles. The molecule has 3 heteroatoms. The van der Waals surface area contributed by atoms with Crippen molar-refractivity contribution in [2.24, 2.45) is 10.8 Å². The second-order valence-electron chi connectivity index (χ2n) is 8.22. The Hall–Kier alpha value is 0.504. The van der Waals surface area contributed by atoms with Crippen LogP contribution in [0.3, 0.4) is 0 Å². The molecule has 1 unspecified atom stereocenters. The predicted octanol–water partition coefficient (Wildman–Crippen LogP) is 3.88. The van der Waals surface area contributed by atoms with Crippen LogP contribution in [0.25, 0.3) is 0 Å². The van der Waals surface area contributed by atoms with Crippen molar-refractivity contribution < 1.29 is 18.6 Å². The van der Waals surface area contributed by atoms with E-state index in [1.54, 1.807) is 0 Å². The molecule has 1 rings (SSSR count). The van der Waals surface area contributed by atoms with Gasteiger partial charge in [0.15, 0.2) is 0 Å². The SMILES string of the molecule is C[CH-]NC1[CH-]C(C)(C)C(C)(C)N(C)C(C)(C)C1(C)C.[V+2]. The Morgan fingerprint density at radius 2 is 1.40 bits per heavy atom. The first-order valence-corrected chi connectivity index (χ1v) is 7.46. The van der Waals surface area contributed by atoms with Gasteiger partial charge in [-0.05, 0) is 45.7 Å². The summed E-state index contributed by atoms with van der Waals surface area (Å²) in [6.45, 7) is 23.1. The molecule has 2 nitrogen and oxygen atoms in total. The molecule has 1 fully saturated rings. The number of rotatable bonds is 2. The minimum absolute atomic E-state index is 0. The van der Waals surface area contributed by atoms with E-state index in [-0.39, 0.29) is 40.5 Å². The van der Waals surface area contributed by atoms with Gasteiger partial charge in [0, 0.05) is 5.54 Å². The summed E-state index contributed by atoms with van der Waals surface area (Å²) in [6.07, 6.45) is 2.51. The third-order valence-corrected chi connectivity index (χ3v) is 6.54. The molecule has 0 saturated carbocycles. The minimum Gasteiger partial charge on any atom is -0.492 e. The van der Waals surface area contributed by atoms with Crippen LogP contribution in [0.2, 0.25) is 0 Å². The van der Waals surface area contributed by atoms with Gasteiger partial charge in [-0.15, -0.1) is 11.5 Å². The van der Waals surface area contributed by atoms with Gasteiger partial charge in [0.05, 0.1) is 0 Å². The third kappa shape index (κ3) is 2.86. The maximum Gasteiger partial charge on any atom is 2.00 e. The van der Waals surface area contributed by atoms with Crippen LogP contribution in [0.15, 0.2) is 0 Å². The van der Waals surface area contributed by atoms with Gasteiger partial charge in [-0.25, -0.2) is 0 Å². The fraction of sp³-hybridized carbons (Fsp3) is 0.882. The van der Waals surface area contributed by atoms with E-state index < -0.39 is 0 Å². The van der Waals surface area contributed by atoms with E-state index in [9.17, 15) is 0 Å². The van der Waals surface area contributed by atoms with Crippen molar-refractivity contribution >= 4 is 0 Å². The summed E-state index contributed by atoms with van der Waals surface area (Å²) < 4.78 is 0. The maximum absolute atomic E-state index is 3.58. The monoisotopic (exact) mass is 317 g/mol. The van der Waals surface area contributed by atoms with Crippen molar-refractivity contribution in [2.45, 2.75) is 79.4 Å². The molecule has 0 amide bonds. The normalized spacial score (nSPS) is 31.2. The van der Waals surface area contributed by atoms with Crippen LogP contribution < -0.4 is 5.32 Å². The Morgan fingerprint density at radius 1 is 0.950 bits per heavy atom. The van der Waals surface area contributed by atoms with Crippen molar-refractivity contribution in [3.05, 3.63) is 13.0 Å². The van der Waals surface area contributed by atoms with Crippen LogP contribution in [0.1, 0.15) is 62.3 Å². The maximum atomic E-state index is 3.58. The van der Waals surface area contributed by atoms with Crippen LogP contribution in [0, 0.1) is 23.8 Å². The molecular weight excluding hydrogens is 283 g/mol. The predicted molar refractivity (Wildman–Crippen MR) is 84.7 cm³/mol. The summed E-state index contributed by atoms with van der Waals surface area (Å²) in [5, 5.41) is 3.58. The Labute approximate surface area is 139 Å². The van der Waals surface area contributed by atoms with Gasteiger partial charge in [-0.2, -0.15) is 6.92 Å². The molecule has 1 aliphatic heterocycles. The number of hydrogen-bond acceptors (Lipinski definition) is 2. The molecular formula is C17H34N2V. The van der Waals surface area contributed by atoms with Crippen molar-refractivity contribution in [1.82, 2.24) is 10.2 Å². The number of hydrogen-bond donors (Lipinski definition) is 1. The number of nitrogens with one attached hydrogen (secondary N) is 1. The van der Waals surface area contributed by atoms with Crippen LogP contribution >= 0.6 is 0 Å². The van der Waals surface area contributed by atoms with Crippen molar-refractivity contribution in [3.8, 4) is 0 Å². The zero-order valence-electron chi connectivity index (χ0n) is 15.1. The van der Waals surface area contributed by atoms with E-state index in [1.165, 1.54) is 0 Å². The van der Waals surface area contributed by atoms with Gasteiger partial charge in [0.1, 0.15) is 0 Å². The van der Waals surface area contributed by atoms with Crippen LogP contribution in [-0.2, 0) is 18.6 Å². The van der Waals surface area contributed by atoms with Crippen molar-refractivity contribution in [1.29, 1.82) is 0 Å². The van der Waals surface area contributed by atoms with Crippen LogP contribution in [0.5, 0.6) is 0 Å². The van der Waals surface area contributed by atoms with Crippen molar-refractivity contribution in [3.63, 3.8) is 0 Å². The summed E-state index contributed by atoms with van der Waals surface area (Å²) in [4.78, 5) is 2.56. The quantitative estimate of drug-likeness (QED) is 0.778. The first-order chi connectivity index (χ1) is 8.32. The fourth-order valence-corrected chi connectivity index (χ4v) is 3.21. The molecule has 20 heavy (non-hydrogen) atoms. The van der Waals surface area contributed by atoms with Gasteiger partial charge >= 0.3 is 18.6 Å². The molecule has 0 aromatic carbocycles. The van der Waals surface area contributed by atoms with Crippen LogP contribution in [-0.4, -0.2) is 29.1 Å². The van der Waals surface area contributed by atoms with Gasteiger partial charge in [0.2, 0.25) is 0 Å². The molecule has 0 aliphatic carbocycles. The van der Waals surface area contributed by atoms with E-state index in [0.29, 0.717) is 6.04 Å². The molecule has 1 radical (unpaired) electrons. The average Bonchev–Trinajstić information content (AvgIpc) is 2.27. The van der Waals surface area contributed by atoms with E-state index in [4.69, 9.17) is 0 Å².